The molecule has 1 saturated heterocycles. The summed E-state index contributed by atoms with van der Waals surface area (Å²) >= 11 is 0. The van der Waals surface area contributed by atoms with Crippen molar-refractivity contribution in [2.45, 2.75) is 26.3 Å². The first-order chi connectivity index (χ1) is 9.19. The standard InChI is InChI=1S/C13H14F3NO3.ClH/c1-12(2)7-19-11(18)17-10(12)8-5-3-4-6-9(8)20-13(14,15)16;/h3-6,10H,7H2,1-2H3,(H,17,18);1H/t10-;/m1./s1. The fourth-order valence-corrected chi connectivity index (χ4v) is 2.13. The first kappa shape index (κ1) is 17.4. The highest BCUT2D eigenvalue weighted by Gasteiger charge is 2.41. The van der Waals surface area contributed by atoms with E-state index in [1.54, 1.807) is 19.9 Å². The van der Waals surface area contributed by atoms with E-state index in [1.807, 2.05) is 0 Å². The Morgan fingerprint density at radius 1 is 1.33 bits per heavy atom. The third kappa shape index (κ3) is 4.17. The van der Waals surface area contributed by atoms with Crippen LogP contribution in [0.1, 0.15) is 25.5 Å². The molecule has 0 bridgehead atoms. The summed E-state index contributed by atoms with van der Waals surface area (Å²) in [4.78, 5) is 11.3. The summed E-state index contributed by atoms with van der Waals surface area (Å²) in [5, 5.41) is 2.54. The molecular formula is C13H15ClF3NO3. The molecule has 21 heavy (non-hydrogen) atoms. The number of halogens is 4. The predicted molar refractivity (Wildman–Crippen MR) is 71.4 cm³/mol. The molecule has 0 spiro atoms. The largest absolute Gasteiger partial charge is 0.573 e. The fourth-order valence-electron chi connectivity index (χ4n) is 2.13. The second-order valence-corrected chi connectivity index (χ2v) is 5.23. The maximum absolute atomic E-state index is 12.4. The van der Waals surface area contributed by atoms with Crippen LogP contribution in [0.25, 0.3) is 0 Å². The van der Waals surface area contributed by atoms with Gasteiger partial charge in [0, 0.05) is 11.0 Å². The number of carbonyl (C=O) groups is 1. The SMILES string of the molecule is CC1(C)COC(=O)N[C@@H]1c1ccccc1OC(F)(F)F.Cl. The van der Waals surface area contributed by atoms with Gasteiger partial charge >= 0.3 is 12.5 Å². The van der Waals surface area contributed by atoms with Crippen LogP contribution in [0, 0.1) is 5.41 Å². The van der Waals surface area contributed by atoms with Crippen LogP contribution in [0.4, 0.5) is 18.0 Å². The Morgan fingerprint density at radius 3 is 2.57 bits per heavy atom. The van der Waals surface area contributed by atoms with E-state index in [0.717, 1.165) is 0 Å². The van der Waals surface area contributed by atoms with Crippen LogP contribution >= 0.6 is 12.4 Å². The van der Waals surface area contributed by atoms with Gasteiger partial charge in [0.15, 0.2) is 0 Å². The fraction of sp³-hybridized carbons (Fsp3) is 0.462. The van der Waals surface area contributed by atoms with Crippen LogP contribution in [0.15, 0.2) is 24.3 Å². The van der Waals surface area contributed by atoms with E-state index < -0.39 is 23.9 Å². The van der Waals surface area contributed by atoms with E-state index in [1.165, 1.54) is 18.2 Å². The molecule has 1 aliphatic heterocycles. The Balaban J connectivity index is 0.00000220. The summed E-state index contributed by atoms with van der Waals surface area (Å²) < 4.78 is 46.2. The van der Waals surface area contributed by atoms with Gasteiger partial charge in [0.2, 0.25) is 0 Å². The van der Waals surface area contributed by atoms with Gasteiger partial charge in [0.25, 0.3) is 0 Å². The molecule has 0 unspecified atom stereocenters. The summed E-state index contributed by atoms with van der Waals surface area (Å²) in [5.41, 5.74) is -0.287. The number of rotatable bonds is 2. The lowest BCUT2D eigenvalue weighted by Crippen LogP contribution is -2.47. The molecule has 8 heteroatoms. The van der Waals surface area contributed by atoms with Gasteiger partial charge in [-0.1, -0.05) is 32.0 Å². The van der Waals surface area contributed by atoms with Gasteiger partial charge in [-0.15, -0.1) is 25.6 Å². The molecule has 1 atom stereocenters. The number of amides is 1. The molecule has 1 amide bonds. The van der Waals surface area contributed by atoms with Gasteiger partial charge in [-0.2, -0.15) is 0 Å². The molecule has 118 valence electrons. The van der Waals surface area contributed by atoms with Gasteiger partial charge in [-0.3, -0.25) is 0 Å². The van der Waals surface area contributed by atoms with E-state index in [4.69, 9.17) is 4.74 Å². The smallest absolute Gasteiger partial charge is 0.449 e. The molecule has 0 aliphatic carbocycles. The zero-order valence-corrected chi connectivity index (χ0v) is 12.2. The van der Waals surface area contributed by atoms with Gasteiger partial charge in [-0.25, -0.2) is 4.79 Å². The first-order valence-electron chi connectivity index (χ1n) is 5.97. The number of nitrogens with one attached hydrogen (secondary N) is 1. The van der Waals surface area contributed by atoms with Gasteiger partial charge < -0.3 is 14.8 Å². The third-order valence-electron chi connectivity index (χ3n) is 3.07. The summed E-state index contributed by atoms with van der Waals surface area (Å²) in [6, 6.07) is 5.14. The van der Waals surface area contributed by atoms with Crippen LogP contribution in [0.2, 0.25) is 0 Å². The van der Waals surface area contributed by atoms with E-state index in [2.05, 4.69) is 10.1 Å². The lowest BCUT2D eigenvalue weighted by atomic mass is 9.80. The van der Waals surface area contributed by atoms with Gasteiger partial charge in [0.1, 0.15) is 12.4 Å². The number of hydrogen-bond donors (Lipinski definition) is 1. The van der Waals surface area contributed by atoms with E-state index >= 15 is 0 Å². The van der Waals surface area contributed by atoms with E-state index in [0.29, 0.717) is 0 Å². The highest BCUT2D eigenvalue weighted by atomic mass is 35.5. The van der Waals surface area contributed by atoms with Crippen molar-refractivity contribution in [1.82, 2.24) is 5.32 Å². The minimum absolute atomic E-state index is 0. The highest BCUT2D eigenvalue weighted by molar-refractivity contribution is 5.85. The minimum atomic E-state index is -4.78. The van der Waals surface area contributed by atoms with Crippen molar-refractivity contribution in [3.8, 4) is 5.75 Å². The van der Waals surface area contributed by atoms with Crippen LogP contribution in [0.5, 0.6) is 5.75 Å². The Hall–Kier alpha value is -1.63. The molecule has 1 heterocycles. The van der Waals surface area contributed by atoms with Crippen molar-refractivity contribution in [3.05, 3.63) is 29.8 Å². The zero-order chi connectivity index (χ0) is 15.0. The molecule has 1 aliphatic rings. The van der Waals surface area contributed by atoms with Crippen molar-refractivity contribution < 1.29 is 27.4 Å². The summed E-state index contributed by atoms with van der Waals surface area (Å²) in [6.45, 7) is 3.70. The predicted octanol–water partition coefficient (Wildman–Crippen LogP) is 3.81. The maximum Gasteiger partial charge on any atom is 0.573 e. The third-order valence-corrected chi connectivity index (χ3v) is 3.07. The van der Waals surface area contributed by atoms with Gasteiger partial charge in [0.05, 0.1) is 6.04 Å². The lowest BCUT2D eigenvalue weighted by molar-refractivity contribution is -0.275. The number of ether oxygens (including phenoxy) is 2. The molecule has 1 fully saturated rings. The molecule has 0 radical (unpaired) electrons. The molecule has 1 N–H and O–H groups in total. The summed E-state index contributed by atoms with van der Waals surface area (Å²) in [6.07, 6.45) is -5.44. The summed E-state index contributed by atoms with van der Waals surface area (Å²) in [7, 11) is 0. The minimum Gasteiger partial charge on any atom is -0.449 e. The normalized spacial score (nSPS) is 20.8. The van der Waals surface area contributed by atoms with E-state index in [9.17, 15) is 18.0 Å². The Labute approximate surface area is 126 Å². The number of cyclic esters (lactones) is 1. The average molecular weight is 326 g/mol. The van der Waals surface area contributed by atoms with Gasteiger partial charge in [-0.05, 0) is 6.07 Å². The van der Waals surface area contributed by atoms with Crippen LogP contribution in [0.3, 0.4) is 0 Å². The van der Waals surface area contributed by atoms with Crippen LogP contribution in [-0.2, 0) is 4.74 Å². The second kappa shape index (κ2) is 6.01. The monoisotopic (exact) mass is 325 g/mol. The zero-order valence-electron chi connectivity index (χ0n) is 11.4. The van der Waals surface area contributed by atoms with Crippen molar-refractivity contribution in [3.63, 3.8) is 0 Å². The average Bonchev–Trinajstić information content (AvgIpc) is 2.31. The molecule has 4 nitrogen and oxygen atoms in total. The molecule has 0 aromatic heterocycles. The van der Waals surface area contributed by atoms with Crippen molar-refractivity contribution in [2.75, 3.05) is 6.61 Å². The lowest BCUT2D eigenvalue weighted by Gasteiger charge is -2.39. The van der Waals surface area contributed by atoms with Crippen LogP contribution in [-0.4, -0.2) is 19.1 Å². The van der Waals surface area contributed by atoms with Crippen molar-refractivity contribution in [1.29, 1.82) is 0 Å². The number of carbonyl (C=O) groups excluding carboxylic acids is 1. The Kier molecular flexibility index (Phi) is 4.99. The first-order valence-corrected chi connectivity index (χ1v) is 5.97. The molecule has 1 aromatic carbocycles. The highest BCUT2D eigenvalue weighted by Crippen LogP contribution is 2.41. The second-order valence-electron chi connectivity index (χ2n) is 5.23. The Morgan fingerprint density at radius 2 is 1.95 bits per heavy atom. The number of benzene rings is 1. The van der Waals surface area contributed by atoms with Crippen molar-refractivity contribution >= 4 is 18.5 Å². The number of para-hydroxylation sites is 1. The van der Waals surface area contributed by atoms with Crippen LogP contribution < -0.4 is 10.1 Å². The number of hydrogen-bond acceptors (Lipinski definition) is 3. The maximum atomic E-state index is 12.4. The Bertz CT molecular complexity index is 520. The molecule has 2 rings (SSSR count). The number of alkyl carbamates (subject to hydrolysis) is 1. The van der Waals surface area contributed by atoms with Crippen molar-refractivity contribution in [2.24, 2.45) is 5.41 Å². The topological polar surface area (TPSA) is 47.6 Å². The molecule has 1 aromatic rings. The quantitative estimate of drug-likeness (QED) is 0.899. The number of alkyl halides is 3. The summed E-state index contributed by atoms with van der Waals surface area (Å²) in [5.74, 6) is -0.319. The van der Waals surface area contributed by atoms with E-state index in [-0.39, 0.29) is 30.3 Å². The molecular weight excluding hydrogens is 311 g/mol. The molecule has 0 saturated carbocycles.